The zero-order valence-corrected chi connectivity index (χ0v) is 14.5. The number of anilines is 1. The molecule has 3 rings (SSSR count). The van der Waals surface area contributed by atoms with Gasteiger partial charge >= 0.3 is 0 Å². The summed E-state index contributed by atoms with van der Waals surface area (Å²) >= 11 is 0. The molecule has 1 saturated heterocycles. The normalized spacial score (nSPS) is 19.7. The summed E-state index contributed by atoms with van der Waals surface area (Å²) in [5, 5.41) is 3.90. The maximum atomic E-state index is 12.3. The van der Waals surface area contributed by atoms with Crippen LogP contribution in [0.25, 0.3) is 10.9 Å². The minimum Gasteiger partial charge on any atom is -0.364 e. The van der Waals surface area contributed by atoms with Gasteiger partial charge in [0, 0.05) is 18.1 Å². The van der Waals surface area contributed by atoms with Gasteiger partial charge < -0.3 is 15.8 Å². The van der Waals surface area contributed by atoms with E-state index < -0.39 is 6.10 Å². The molecule has 0 aliphatic carbocycles. The molecule has 23 heavy (non-hydrogen) atoms. The molecule has 3 N–H and O–H groups in total. The second kappa shape index (κ2) is 8.45. The number of pyridine rings is 1. The molecule has 2 aromatic rings. The maximum Gasteiger partial charge on any atom is 0.253 e. The van der Waals surface area contributed by atoms with E-state index >= 15 is 0 Å². The number of aromatic nitrogens is 1. The monoisotopic (exact) mass is 357 g/mol. The zero-order valence-electron chi connectivity index (χ0n) is 12.8. The largest absolute Gasteiger partial charge is 0.364 e. The summed E-state index contributed by atoms with van der Waals surface area (Å²) in [5.41, 5.74) is 8.34. The van der Waals surface area contributed by atoms with Gasteiger partial charge in [-0.2, -0.15) is 0 Å². The summed E-state index contributed by atoms with van der Waals surface area (Å²) in [5.74, 6) is -0.111. The fraction of sp³-hybridized carbons (Fsp3) is 0.375. The van der Waals surface area contributed by atoms with Crippen LogP contribution in [-0.2, 0) is 9.53 Å². The Morgan fingerprint density at radius 1 is 1.35 bits per heavy atom. The van der Waals surface area contributed by atoms with Crippen molar-refractivity contribution >= 4 is 47.3 Å². The van der Waals surface area contributed by atoms with Crippen molar-refractivity contribution in [2.45, 2.75) is 32.0 Å². The molecule has 0 saturated carbocycles. The number of hydrogen-bond acceptors (Lipinski definition) is 4. The van der Waals surface area contributed by atoms with Gasteiger partial charge in [-0.25, -0.2) is 0 Å². The molecule has 1 aliphatic heterocycles. The Kier molecular flexibility index (Phi) is 7.22. The molecule has 7 heteroatoms. The number of nitrogens with zero attached hydrogens (tertiary/aromatic N) is 1. The van der Waals surface area contributed by atoms with Crippen LogP contribution < -0.4 is 11.1 Å². The lowest BCUT2D eigenvalue weighted by Gasteiger charge is -2.14. The van der Waals surface area contributed by atoms with Gasteiger partial charge in [0.05, 0.1) is 17.3 Å². The van der Waals surface area contributed by atoms with E-state index in [4.69, 9.17) is 10.5 Å². The first-order valence-electron chi connectivity index (χ1n) is 7.20. The topological polar surface area (TPSA) is 77.2 Å². The average Bonchev–Trinajstić information content (AvgIpc) is 2.99. The third-order valence-corrected chi connectivity index (χ3v) is 3.89. The highest BCUT2D eigenvalue weighted by molar-refractivity contribution is 6.03. The molecule has 0 bridgehead atoms. The van der Waals surface area contributed by atoms with Crippen molar-refractivity contribution < 1.29 is 9.53 Å². The molecule has 1 aliphatic rings. The molecule has 126 valence electrons. The Bertz CT molecular complexity index is 681. The summed E-state index contributed by atoms with van der Waals surface area (Å²) in [4.78, 5) is 16.7. The van der Waals surface area contributed by atoms with E-state index in [9.17, 15) is 4.79 Å². The number of ether oxygens (including phenoxy) is 1. The predicted molar refractivity (Wildman–Crippen MR) is 96.6 cm³/mol. The van der Waals surface area contributed by atoms with Gasteiger partial charge in [0.25, 0.3) is 5.91 Å². The van der Waals surface area contributed by atoms with E-state index in [2.05, 4.69) is 10.3 Å². The van der Waals surface area contributed by atoms with Gasteiger partial charge in [-0.1, -0.05) is 6.07 Å². The molecule has 0 radical (unpaired) electrons. The zero-order chi connectivity index (χ0) is 14.8. The SMILES string of the molecule is Cc1ccc(NC(=O)[C@@H]2CC[C@H](CN)O2)c2cccnc12.Cl.Cl. The van der Waals surface area contributed by atoms with Crippen LogP contribution in [0.1, 0.15) is 18.4 Å². The predicted octanol–water partition coefficient (Wildman–Crippen LogP) is 2.83. The summed E-state index contributed by atoms with van der Waals surface area (Å²) in [6, 6.07) is 7.70. The van der Waals surface area contributed by atoms with Crippen molar-refractivity contribution in [3.8, 4) is 0 Å². The Hall–Kier alpha value is -1.40. The number of carbonyl (C=O) groups is 1. The molecule has 0 unspecified atom stereocenters. The number of hydrogen-bond donors (Lipinski definition) is 2. The molecule has 5 nitrogen and oxygen atoms in total. The summed E-state index contributed by atoms with van der Waals surface area (Å²) in [7, 11) is 0. The number of aryl methyl sites for hydroxylation is 1. The minimum absolute atomic E-state index is 0. The minimum atomic E-state index is -0.411. The van der Waals surface area contributed by atoms with Gasteiger partial charge in [0.1, 0.15) is 6.10 Å². The van der Waals surface area contributed by atoms with Crippen LogP contribution in [0.5, 0.6) is 0 Å². The standard InChI is InChI=1S/C16H19N3O2.2ClH/c1-10-4-6-13(12-3-2-8-18-15(10)12)19-16(20)14-7-5-11(9-17)21-14;;/h2-4,6,8,11,14H,5,7,9,17H2,1H3,(H,19,20);2*1H/t11-,14+;;/m1../s1. The second-order valence-corrected chi connectivity index (χ2v) is 5.38. The quantitative estimate of drug-likeness (QED) is 0.885. The van der Waals surface area contributed by atoms with Crippen molar-refractivity contribution in [3.05, 3.63) is 36.0 Å². The number of fused-ring (bicyclic) bond motifs is 1. The van der Waals surface area contributed by atoms with Crippen LogP contribution in [0.2, 0.25) is 0 Å². The van der Waals surface area contributed by atoms with E-state index in [1.165, 1.54) is 0 Å². The number of amides is 1. The molecular weight excluding hydrogens is 337 g/mol. The molecule has 0 spiro atoms. The van der Waals surface area contributed by atoms with Gasteiger partial charge in [-0.05, 0) is 43.5 Å². The summed E-state index contributed by atoms with van der Waals surface area (Å²) < 4.78 is 5.63. The van der Waals surface area contributed by atoms with Crippen molar-refractivity contribution in [2.75, 3.05) is 11.9 Å². The van der Waals surface area contributed by atoms with E-state index in [0.717, 1.165) is 35.0 Å². The van der Waals surface area contributed by atoms with Crippen molar-refractivity contribution in [2.24, 2.45) is 5.73 Å². The van der Waals surface area contributed by atoms with Gasteiger partial charge in [-0.3, -0.25) is 9.78 Å². The fourth-order valence-electron chi connectivity index (χ4n) is 2.71. The van der Waals surface area contributed by atoms with Crippen LogP contribution in [0.15, 0.2) is 30.5 Å². The van der Waals surface area contributed by atoms with Crippen molar-refractivity contribution in [1.82, 2.24) is 4.98 Å². The Morgan fingerprint density at radius 3 is 2.83 bits per heavy atom. The summed E-state index contributed by atoms with van der Waals surface area (Å²) in [6.07, 6.45) is 2.90. The van der Waals surface area contributed by atoms with Crippen LogP contribution in [0.3, 0.4) is 0 Å². The van der Waals surface area contributed by atoms with E-state index in [0.29, 0.717) is 6.54 Å². The van der Waals surface area contributed by atoms with Crippen LogP contribution in [0, 0.1) is 6.92 Å². The highest BCUT2D eigenvalue weighted by atomic mass is 35.5. The van der Waals surface area contributed by atoms with Crippen LogP contribution in [0.4, 0.5) is 5.69 Å². The van der Waals surface area contributed by atoms with Crippen LogP contribution in [-0.4, -0.2) is 29.6 Å². The first kappa shape index (κ1) is 19.6. The third kappa shape index (κ3) is 4.12. The maximum absolute atomic E-state index is 12.3. The molecule has 2 heterocycles. The number of nitrogens with one attached hydrogen (secondary N) is 1. The Balaban J connectivity index is 0.00000132. The molecule has 1 aromatic heterocycles. The highest BCUT2D eigenvalue weighted by Crippen LogP contribution is 2.26. The summed E-state index contributed by atoms with van der Waals surface area (Å²) in [6.45, 7) is 2.47. The smallest absolute Gasteiger partial charge is 0.253 e. The first-order valence-corrected chi connectivity index (χ1v) is 7.20. The number of rotatable bonds is 3. The van der Waals surface area contributed by atoms with Gasteiger partial charge in [0.2, 0.25) is 0 Å². The van der Waals surface area contributed by atoms with Crippen LogP contribution >= 0.6 is 24.8 Å². The van der Waals surface area contributed by atoms with Gasteiger partial charge in [0.15, 0.2) is 0 Å². The van der Waals surface area contributed by atoms with E-state index in [1.807, 2.05) is 31.2 Å². The number of halogens is 2. The number of nitrogens with two attached hydrogens (primary N) is 1. The number of benzene rings is 1. The molecule has 1 aromatic carbocycles. The first-order chi connectivity index (χ1) is 10.2. The van der Waals surface area contributed by atoms with E-state index in [1.54, 1.807) is 6.20 Å². The van der Waals surface area contributed by atoms with Crippen molar-refractivity contribution in [3.63, 3.8) is 0 Å². The fourth-order valence-corrected chi connectivity index (χ4v) is 2.71. The Labute approximate surface area is 147 Å². The lowest BCUT2D eigenvalue weighted by atomic mass is 10.1. The molecule has 1 amide bonds. The second-order valence-electron chi connectivity index (χ2n) is 5.38. The average molecular weight is 358 g/mol. The Morgan fingerprint density at radius 2 is 2.13 bits per heavy atom. The highest BCUT2D eigenvalue weighted by Gasteiger charge is 2.30. The van der Waals surface area contributed by atoms with E-state index in [-0.39, 0.29) is 36.8 Å². The lowest BCUT2D eigenvalue weighted by Crippen LogP contribution is -2.29. The molecule has 1 fully saturated rings. The lowest BCUT2D eigenvalue weighted by molar-refractivity contribution is -0.126. The van der Waals surface area contributed by atoms with Gasteiger partial charge in [-0.15, -0.1) is 24.8 Å². The number of carbonyl (C=O) groups excluding carboxylic acids is 1. The van der Waals surface area contributed by atoms with Crippen molar-refractivity contribution in [1.29, 1.82) is 0 Å². The molecule has 2 atom stereocenters. The molecular formula is C16H21Cl2N3O2. The third-order valence-electron chi connectivity index (χ3n) is 3.89.